The van der Waals surface area contributed by atoms with E-state index in [0.717, 1.165) is 22.7 Å². The van der Waals surface area contributed by atoms with Gasteiger partial charge in [-0.2, -0.15) is 0 Å². The number of nitrogens with zero attached hydrogens (tertiary/aromatic N) is 2. The Labute approximate surface area is 360 Å². The monoisotopic (exact) mass is 788 g/mol. The van der Waals surface area contributed by atoms with Crippen LogP contribution in [-0.4, -0.2) is 4.57 Å². The molecule has 2 heteroatoms. The molecule has 12 rings (SSSR count). The van der Waals surface area contributed by atoms with Gasteiger partial charge in [-0.15, -0.1) is 0 Å². The van der Waals surface area contributed by atoms with E-state index in [1.807, 2.05) is 0 Å². The van der Waals surface area contributed by atoms with Crippen molar-refractivity contribution in [2.45, 2.75) is 0 Å². The topological polar surface area (TPSA) is 8.17 Å². The van der Waals surface area contributed by atoms with Gasteiger partial charge in [0.25, 0.3) is 0 Å². The summed E-state index contributed by atoms with van der Waals surface area (Å²) in [5.74, 6) is 0. The molecule has 0 spiro atoms. The van der Waals surface area contributed by atoms with Gasteiger partial charge in [-0.3, -0.25) is 0 Å². The second-order valence-corrected chi connectivity index (χ2v) is 16.1. The summed E-state index contributed by atoms with van der Waals surface area (Å²) in [7, 11) is 0. The highest BCUT2D eigenvalue weighted by Gasteiger charge is 2.21. The summed E-state index contributed by atoms with van der Waals surface area (Å²) < 4.78 is 2.47. The van der Waals surface area contributed by atoms with Crippen molar-refractivity contribution in [2.24, 2.45) is 0 Å². The molecule has 290 valence electrons. The zero-order valence-corrected chi connectivity index (χ0v) is 34.0. The number of rotatable bonds is 7. The van der Waals surface area contributed by atoms with Crippen molar-refractivity contribution in [1.29, 1.82) is 0 Å². The number of hydrogen-bond acceptors (Lipinski definition) is 1. The molecule has 0 amide bonds. The fraction of sp³-hybridized carbons (Fsp3) is 0. The van der Waals surface area contributed by atoms with Gasteiger partial charge in [-0.25, -0.2) is 0 Å². The number of aromatic nitrogens is 1. The van der Waals surface area contributed by atoms with Gasteiger partial charge >= 0.3 is 0 Å². The van der Waals surface area contributed by atoms with E-state index >= 15 is 0 Å². The molecule has 62 heavy (non-hydrogen) atoms. The molecule has 0 saturated carbocycles. The number of hydrogen-bond donors (Lipinski definition) is 0. The largest absolute Gasteiger partial charge is 0.310 e. The summed E-state index contributed by atoms with van der Waals surface area (Å²) in [6, 6.07) is 88.5. The van der Waals surface area contributed by atoms with Gasteiger partial charge < -0.3 is 9.47 Å². The molecule has 0 radical (unpaired) electrons. The summed E-state index contributed by atoms with van der Waals surface area (Å²) in [4.78, 5) is 2.38. The number of fused-ring (bicyclic) bond motifs is 7. The van der Waals surface area contributed by atoms with E-state index in [-0.39, 0.29) is 0 Å². The highest BCUT2D eigenvalue weighted by atomic mass is 15.1. The van der Waals surface area contributed by atoms with Crippen LogP contribution >= 0.6 is 0 Å². The Bertz CT molecular complexity index is 3610. The van der Waals surface area contributed by atoms with Crippen LogP contribution in [0.5, 0.6) is 0 Å². The number of anilines is 3. The quantitative estimate of drug-likeness (QED) is 0.156. The summed E-state index contributed by atoms with van der Waals surface area (Å²) >= 11 is 0. The highest BCUT2D eigenvalue weighted by Crippen LogP contribution is 2.45. The van der Waals surface area contributed by atoms with Crippen molar-refractivity contribution in [3.63, 3.8) is 0 Å². The highest BCUT2D eigenvalue weighted by molar-refractivity contribution is 6.26. The van der Waals surface area contributed by atoms with Gasteiger partial charge in [0.15, 0.2) is 0 Å². The molecule has 11 aromatic carbocycles. The lowest BCUT2D eigenvalue weighted by Crippen LogP contribution is -2.10. The predicted octanol–water partition coefficient (Wildman–Crippen LogP) is 16.7. The molecular formula is C60H40N2. The van der Waals surface area contributed by atoms with E-state index in [0.29, 0.717) is 0 Å². The molecule has 0 aliphatic heterocycles. The Morgan fingerprint density at radius 2 is 0.774 bits per heavy atom. The first-order valence-corrected chi connectivity index (χ1v) is 21.3. The van der Waals surface area contributed by atoms with Gasteiger partial charge in [0.05, 0.1) is 11.0 Å². The lowest BCUT2D eigenvalue weighted by atomic mass is 9.93. The van der Waals surface area contributed by atoms with E-state index in [1.54, 1.807) is 0 Å². The fourth-order valence-electron chi connectivity index (χ4n) is 9.71. The van der Waals surface area contributed by atoms with Crippen LogP contribution in [0.1, 0.15) is 0 Å². The Hall–Kier alpha value is -8.20. The molecule has 1 aromatic heterocycles. The third-order valence-electron chi connectivity index (χ3n) is 12.6. The van der Waals surface area contributed by atoms with Crippen molar-refractivity contribution >= 4 is 71.2 Å². The zero-order chi connectivity index (χ0) is 41.0. The zero-order valence-electron chi connectivity index (χ0n) is 34.0. The van der Waals surface area contributed by atoms with E-state index in [4.69, 9.17) is 0 Å². The molecule has 1 heterocycles. The van der Waals surface area contributed by atoms with E-state index in [2.05, 4.69) is 252 Å². The second-order valence-electron chi connectivity index (χ2n) is 16.1. The molecule has 2 nitrogen and oxygen atoms in total. The average molecular weight is 789 g/mol. The maximum absolute atomic E-state index is 2.47. The predicted molar refractivity (Wildman–Crippen MR) is 264 cm³/mol. The van der Waals surface area contributed by atoms with Gasteiger partial charge in [-0.05, 0) is 120 Å². The van der Waals surface area contributed by atoms with Crippen LogP contribution in [0.15, 0.2) is 243 Å². The Morgan fingerprint density at radius 3 is 1.48 bits per heavy atom. The van der Waals surface area contributed by atoms with Gasteiger partial charge in [-0.1, -0.05) is 188 Å². The first-order valence-electron chi connectivity index (χ1n) is 21.3. The number of benzene rings is 11. The fourth-order valence-corrected chi connectivity index (χ4v) is 9.71. The SMILES string of the molecule is c1ccc(-c2ccc(N(c3ccc(-c4cccc5ccccc45)cc3)c3cccc(-n4c5cccc(-c6cccc7ccccc67)c5c5c6ccccc6ccc54)c3)cc2)cc1. The Kier molecular flexibility index (Phi) is 8.53. The molecule has 0 atom stereocenters. The van der Waals surface area contributed by atoms with Crippen LogP contribution in [0, 0.1) is 0 Å². The summed E-state index contributed by atoms with van der Waals surface area (Å²) in [6.07, 6.45) is 0. The molecule has 0 bridgehead atoms. The Morgan fingerprint density at radius 1 is 0.274 bits per heavy atom. The maximum atomic E-state index is 2.47. The third-order valence-corrected chi connectivity index (χ3v) is 12.6. The molecule has 0 aliphatic rings. The van der Waals surface area contributed by atoms with Crippen molar-refractivity contribution in [3.8, 4) is 39.1 Å². The minimum absolute atomic E-state index is 1.08. The van der Waals surface area contributed by atoms with Crippen LogP contribution in [0.4, 0.5) is 17.1 Å². The maximum Gasteiger partial charge on any atom is 0.0547 e. The standard InChI is InChI=1S/C60H40N2/c1-2-14-41(15-3-1)42-30-35-47(36-31-42)61(48-37-32-46(33-38-48)52-26-10-19-43-16-4-7-23-51(43)52)49-21-12-22-50(40-49)62-57-29-13-28-56(55-27-11-20-44-17-5-8-24-53(44)55)60(57)59-54-25-9-6-18-45(54)34-39-58(59)62/h1-40H. The summed E-state index contributed by atoms with van der Waals surface area (Å²) in [6.45, 7) is 0. The summed E-state index contributed by atoms with van der Waals surface area (Å²) in [5.41, 5.74) is 14.0. The molecular weight excluding hydrogens is 749 g/mol. The lowest BCUT2D eigenvalue weighted by molar-refractivity contribution is 1.17. The van der Waals surface area contributed by atoms with Gasteiger partial charge in [0.1, 0.15) is 0 Å². The second kappa shape index (κ2) is 14.8. The molecule has 0 unspecified atom stereocenters. The van der Waals surface area contributed by atoms with Crippen molar-refractivity contribution < 1.29 is 0 Å². The first kappa shape index (κ1) is 35.7. The molecule has 0 saturated heterocycles. The molecule has 0 aliphatic carbocycles. The van der Waals surface area contributed by atoms with E-state index in [1.165, 1.54) is 87.5 Å². The molecule has 12 aromatic rings. The Balaban J connectivity index is 1.06. The van der Waals surface area contributed by atoms with Crippen molar-refractivity contribution in [2.75, 3.05) is 4.90 Å². The van der Waals surface area contributed by atoms with Gasteiger partial charge in [0.2, 0.25) is 0 Å². The van der Waals surface area contributed by atoms with Crippen molar-refractivity contribution in [3.05, 3.63) is 243 Å². The van der Waals surface area contributed by atoms with Crippen LogP contribution in [0.25, 0.3) is 93.2 Å². The third kappa shape index (κ3) is 5.96. The van der Waals surface area contributed by atoms with Crippen LogP contribution in [0.2, 0.25) is 0 Å². The minimum atomic E-state index is 1.08. The minimum Gasteiger partial charge on any atom is -0.310 e. The molecule has 0 N–H and O–H groups in total. The van der Waals surface area contributed by atoms with E-state index < -0.39 is 0 Å². The van der Waals surface area contributed by atoms with Crippen LogP contribution in [-0.2, 0) is 0 Å². The summed E-state index contributed by atoms with van der Waals surface area (Å²) in [5, 5.41) is 10.0. The van der Waals surface area contributed by atoms with Crippen LogP contribution < -0.4 is 4.90 Å². The van der Waals surface area contributed by atoms with E-state index in [9.17, 15) is 0 Å². The van der Waals surface area contributed by atoms with Crippen LogP contribution in [0.3, 0.4) is 0 Å². The molecule has 0 fully saturated rings. The van der Waals surface area contributed by atoms with Gasteiger partial charge in [0, 0.05) is 33.5 Å². The normalized spacial score (nSPS) is 11.5. The smallest absolute Gasteiger partial charge is 0.0547 e. The first-order chi connectivity index (χ1) is 30.8. The average Bonchev–Trinajstić information content (AvgIpc) is 3.70. The van der Waals surface area contributed by atoms with Crippen molar-refractivity contribution in [1.82, 2.24) is 4.57 Å². The lowest BCUT2D eigenvalue weighted by Gasteiger charge is -2.27.